The van der Waals surface area contributed by atoms with Crippen LogP contribution in [0.2, 0.25) is 5.02 Å². The standard InChI is InChI=1S/C16H12Cl2FNO/c17-11-2-1-3-12(19)15(11)16(18)10-4-6-13-9(8-10)5-7-14(21)20-13/h1-4,6,8,16H,5,7H2,(H,20,21). The van der Waals surface area contributed by atoms with E-state index in [1.807, 2.05) is 6.07 Å². The number of hydrogen-bond donors (Lipinski definition) is 1. The molecule has 21 heavy (non-hydrogen) atoms. The minimum atomic E-state index is -0.665. The van der Waals surface area contributed by atoms with E-state index in [1.54, 1.807) is 24.3 Å². The number of alkyl halides is 1. The van der Waals surface area contributed by atoms with E-state index in [2.05, 4.69) is 5.32 Å². The summed E-state index contributed by atoms with van der Waals surface area (Å²) in [5.74, 6) is -0.414. The lowest BCUT2D eigenvalue weighted by atomic mass is 9.96. The molecule has 0 saturated carbocycles. The number of fused-ring (bicyclic) bond motifs is 1. The zero-order valence-corrected chi connectivity index (χ0v) is 12.5. The molecule has 1 heterocycles. The quantitative estimate of drug-likeness (QED) is 0.798. The first-order valence-electron chi connectivity index (χ1n) is 6.57. The van der Waals surface area contributed by atoms with E-state index in [4.69, 9.17) is 23.2 Å². The molecule has 0 fully saturated rings. The van der Waals surface area contributed by atoms with Gasteiger partial charge in [-0.3, -0.25) is 4.79 Å². The van der Waals surface area contributed by atoms with Crippen molar-refractivity contribution in [3.05, 3.63) is 63.9 Å². The third-order valence-corrected chi connectivity index (χ3v) is 4.37. The Kier molecular flexibility index (Phi) is 3.87. The predicted molar refractivity (Wildman–Crippen MR) is 82.5 cm³/mol. The number of nitrogens with one attached hydrogen (secondary N) is 1. The van der Waals surface area contributed by atoms with Crippen LogP contribution in [0.15, 0.2) is 36.4 Å². The van der Waals surface area contributed by atoms with Crippen molar-refractivity contribution in [1.29, 1.82) is 0 Å². The highest BCUT2D eigenvalue weighted by Gasteiger charge is 2.21. The Balaban J connectivity index is 1.99. The van der Waals surface area contributed by atoms with Gasteiger partial charge < -0.3 is 5.32 Å². The van der Waals surface area contributed by atoms with Crippen molar-refractivity contribution in [3.8, 4) is 0 Å². The fourth-order valence-corrected chi connectivity index (χ4v) is 3.17. The summed E-state index contributed by atoms with van der Waals surface area (Å²) < 4.78 is 14.0. The van der Waals surface area contributed by atoms with Crippen molar-refractivity contribution in [2.45, 2.75) is 18.2 Å². The smallest absolute Gasteiger partial charge is 0.224 e. The second-order valence-corrected chi connectivity index (χ2v) is 5.81. The van der Waals surface area contributed by atoms with Gasteiger partial charge in [-0.2, -0.15) is 0 Å². The molecule has 0 bridgehead atoms. The van der Waals surface area contributed by atoms with Crippen LogP contribution in [0.1, 0.15) is 28.5 Å². The molecule has 0 saturated heterocycles. The minimum absolute atomic E-state index is 0.00909. The van der Waals surface area contributed by atoms with E-state index < -0.39 is 11.2 Å². The monoisotopic (exact) mass is 323 g/mol. The number of halogens is 3. The van der Waals surface area contributed by atoms with Crippen LogP contribution in [0.25, 0.3) is 0 Å². The van der Waals surface area contributed by atoms with Crippen molar-refractivity contribution < 1.29 is 9.18 Å². The molecule has 3 rings (SSSR count). The Hall–Kier alpha value is -1.58. The van der Waals surface area contributed by atoms with Gasteiger partial charge in [0.1, 0.15) is 5.82 Å². The lowest BCUT2D eigenvalue weighted by Gasteiger charge is -2.20. The fraction of sp³-hybridized carbons (Fsp3) is 0.188. The van der Waals surface area contributed by atoms with Gasteiger partial charge in [-0.1, -0.05) is 29.8 Å². The molecule has 2 aromatic carbocycles. The second-order valence-electron chi connectivity index (χ2n) is 4.96. The summed E-state index contributed by atoms with van der Waals surface area (Å²) in [6.45, 7) is 0. The minimum Gasteiger partial charge on any atom is -0.326 e. The van der Waals surface area contributed by atoms with Gasteiger partial charge >= 0.3 is 0 Å². The van der Waals surface area contributed by atoms with Gasteiger partial charge in [0.25, 0.3) is 0 Å². The number of benzene rings is 2. The molecular weight excluding hydrogens is 312 g/mol. The van der Waals surface area contributed by atoms with Gasteiger partial charge in [0.15, 0.2) is 0 Å². The number of amides is 1. The van der Waals surface area contributed by atoms with E-state index in [0.717, 1.165) is 16.8 Å². The summed E-state index contributed by atoms with van der Waals surface area (Å²) in [7, 11) is 0. The first-order valence-corrected chi connectivity index (χ1v) is 7.38. The maximum atomic E-state index is 14.0. The van der Waals surface area contributed by atoms with Crippen molar-refractivity contribution in [1.82, 2.24) is 0 Å². The predicted octanol–water partition coefficient (Wildman–Crippen LogP) is 4.69. The molecule has 0 radical (unpaired) electrons. The number of carbonyl (C=O) groups excluding carboxylic acids is 1. The van der Waals surface area contributed by atoms with Crippen LogP contribution in [0.4, 0.5) is 10.1 Å². The zero-order valence-electron chi connectivity index (χ0n) is 11.0. The third kappa shape index (κ3) is 2.76. The van der Waals surface area contributed by atoms with Crippen LogP contribution >= 0.6 is 23.2 Å². The molecule has 1 unspecified atom stereocenters. The number of aryl methyl sites for hydroxylation is 1. The average Bonchev–Trinajstić information content (AvgIpc) is 2.46. The molecule has 2 aromatic rings. The third-order valence-electron chi connectivity index (χ3n) is 3.57. The Labute approximate surface area is 131 Å². The molecular formula is C16H12Cl2FNO. The van der Waals surface area contributed by atoms with Crippen LogP contribution in [-0.2, 0) is 11.2 Å². The Morgan fingerprint density at radius 1 is 1.19 bits per heavy atom. The molecule has 5 heteroatoms. The summed E-state index contributed by atoms with van der Waals surface area (Å²) in [5.41, 5.74) is 2.84. The van der Waals surface area contributed by atoms with Gasteiger partial charge in [-0.25, -0.2) is 4.39 Å². The molecule has 0 aliphatic carbocycles. The first-order chi connectivity index (χ1) is 10.1. The highest BCUT2D eigenvalue weighted by atomic mass is 35.5. The molecule has 2 nitrogen and oxygen atoms in total. The van der Waals surface area contributed by atoms with E-state index in [9.17, 15) is 9.18 Å². The number of hydrogen-bond acceptors (Lipinski definition) is 1. The topological polar surface area (TPSA) is 29.1 Å². The molecule has 0 spiro atoms. The van der Waals surface area contributed by atoms with E-state index in [1.165, 1.54) is 6.07 Å². The summed E-state index contributed by atoms with van der Waals surface area (Å²) in [6, 6.07) is 9.99. The van der Waals surface area contributed by atoms with E-state index in [-0.39, 0.29) is 11.5 Å². The SMILES string of the molecule is O=C1CCc2cc(C(Cl)c3c(F)cccc3Cl)ccc2N1. The Bertz CT molecular complexity index is 697. The van der Waals surface area contributed by atoms with Gasteiger partial charge in [0.2, 0.25) is 5.91 Å². The normalized spacial score (nSPS) is 15.3. The molecule has 1 N–H and O–H groups in total. The van der Waals surface area contributed by atoms with Crippen LogP contribution in [0, 0.1) is 5.82 Å². The summed E-state index contributed by atoms with van der Waals surface area (Å²) in [5, 5.41) is 2.45. The maximum Gasteiger partial charge on any atom is 0.224 e. The van der Waals surface area contributed by atoms with E-state index >= 15 is 0 Å². The molecule has 1 aliphatic heterocycles. The van der Waals surface area contributed by atoms with Crippen molar-refractivity contribution >= 4 is 34.8 Å². The molecule has 0 aromatic heterocycles. The number of carbonyl (C=O) groups is 1. The summed E-state index contributed by atoms with van der Waals surface area (Å²) >= 11 is 12.5. The van der Waals surface area contributed by atoms with Crippen LogP contribution in [0.3, 0.4) is 0 Å². The van der Waals surface area contributed by atoms with Gasteiger partial charge in [0.05, 0.1) is 5.38 Å². The van der Waals surface area contributed by atoms with Crippen LogP contribution in [0.5, 0.6) is 0 Å². The van der Waals surface area contributed by atoms with E-state index in [0.29, 0.717) is 17.9 Å². The molecule has 1 atom stereocenters. The fourth-order valence-electron chi connectivity index (χ4n) is 2.48. The summed E-state index contributed by atoms with van der Waals surface area (Å²) in [6.07, 6.45) is 1.10. The van der Waals surface area contributed by atoms with Gasteiger partial charge in [-0.05, 0) is 35.7 Å². The highest BCUT2D eigenvalue weighted by molar-refractivity contribution is 6.33. The van der Waals surface area contributed by atoms with Crippen LogP contribution < -0.4 is 5.32 Å². The molecule has 108 valence electrons. The zero-order chi connectivity index (χ0) is 15.0. The largest absolute Gasteiger partial charge is 0.326 e. The average molecular weight is 324 g/mol. The van der Waals surface area contributed by atoms with Crippen LogP contribution in [-0.4, -0.2) is 5.91 Å². The lowest BCUT2D eigenvalue weighted by Crippen LogP contribution is -2.19. The van der Waals surface area contributed by atoms with Gasteiger partial charge in [-0.15, -0.1) is 11.6 Å². The lowest BCUT2D eigenvalue weighted by molar-refractivity contribution is -0.116. The first kappa shape index (κ1) is 14.4. The summed E-state index contributed by atoms with van der Waals surface area (Å²) in [4.78, 5) is 11.4. The van der Waals surface area contributed by atoms with Crippen molar-refractivity contribution in [3.63, 3.8) is 0 Å². The number of anilines is 1. The number of rotatable bonds is 2. The maximum absolute atomic E-state index is 14.0. The van der Waals surface area contributed by atoms with Crippen molar-refractivity contribution in [2.24, 2.45) is 0 Å². The van der Waals surface area contributed by atoms with Gasteiger partial charge in [0, 0.05) is 22.7 Å². The molecule has 1 amide bonds. The Morgan fingerprint density at radius 2 is 2.00 bits per heavy atom. The van der Waals surface area contributed by atoms with Crippen molar-refractivity contribution in [2.75, 3.05) is 5.32 Å². The second kappa shape index (κ2) is 5.66. The highest BCUT2D eigenvalue weighted by Crippen LogP contribution is 2.37. The Morgan fingerprint density at radius 3 is 2.76 bits per heavy atom. The molecule has 1 aliphatic rings.